The fourth-order valence-corrected chi connectivity index (χ4v) is 0.776. The molecular formula is C9H10O4. The van der Waals surface area contributed by atoms with Crippen molar-refractivity contribution in [1.82, 2.24) is 0 Å². The molecular weight excluding hydrogens is 172 g/mol. The Kier molecular flexibility index (Phi) is 3.95. The van der Waals surface area contributed by atoms with Gasteiger partial charge in [-0.3, -0.25) is 0 Å². The smallest absolute Gasteiger partial charge is 0.333 e. The number of hydrogen-bond donors (Lipinski definition) is 1. The van der Waals surface area contributed by atoms with Gasteiger partial charge in [0.1, 0.15) is 6.61 Å². The number of aliphatic carboxylic acids is 1. The normalized spacial score (nSPS) is 9.85. The number of carboxylic acids is 1. The first-order valence-electron chi connectivity index (χ1n) is 3.79. The minimum absolute atomic E-state index is 0.258. The first-order valence-corrected chi connectivity index (χ1v) is 3.79. The van der Waals surface area contributed by atoms with Crippen LogP contribution in [0.5, 0.6) is 0 Å². The number of carboxylic acid groups (broad SMARTS) is 1. The zero-order valence-electron chi connectivity index (χ0n) is 6.97. The predicted octanol–water partition coefficient (Wildman–Crippen LogP) is 1.22. The molecule has 1 N–H and O–H groups in total. The van der Waals surface area contributed by atoms with Crippen LogP contribution in [0.2, 0.25) is 0 Å². The Hall–Kier alpha value is -1.39. The van der Waals surface area contributed by atoms with Crippen LogP contribution < -0.4 is 0 Å². The third-order valence-electron chi connectivity index (χ3n) is 1.33. The van der Waals surface area contributed by atoms with Crippen molar-refractivity contribution >= 4 is 5.97 Å². The van der Waals surface area contributed by atoms with Crippen molar-refractivity contribution in [3.63, 3.8) is 0 Å². The summed E-state index contributed by atoms with van der Waals surface area (Å²) in [7, 11) is 0. The van der Waals surface area contributed by atoms with Crippen LogP contribution in [-0.2, 0) is 21.2 Å². The molecule has 0 atom stereocenters. The molecule has 70 valence electrons. The van der Waals surface area contributed by atoms with E-state index in [1.165, 1.54) is 0 Å². The monoisotopic (exact) mass is 182 g/mol. The van der Waals surface area contributed by atoms with Gasteiger partial charge in [-0.1, -0.05) is 30.3 Å². The Balaban J connectivity index is 2.17. The first kappa shape index (κ1) is 9.70. The number of carbonyl (C=O) groups is 1. The van der Waals surface area contributed by atoms with Crippen LogP contribution in [0.25, 0.3) is 0 Å². The summed E-state index contributed by atoms with van der Waals surface area (Å²) in [6.45, 7) is -0.180. The van der Waals surface area contributed by atoms with Crippen molar-refractivity contribution in [3.8, 4) is 0 Å². The quantitative estimate of drug-likeness (QED) is 0.422. The minimum Gasteiger partial charge on any atom is -0.479 e. The van der Waals surface area contributed by atoms with Gasteiger partial charge in [-0.2, -0.15) is 0 Å². The van der Waals surface area contributed by atoms with Crippen LogP contribution in [0.3, 0.4) is 0 Å². The molecule has 4 heteroatoms. The SMILES string of the molecule is O=C(O)COOCc1ccccc1. The second-order valence-electron chi connectivity index (χ2n) is 2.40. The largest absolute Gasteiger partial charge is 0.479 e. The zero-order valence-corrected chi connectivity index (χ0v) is 6.97. The van der Waals surface area contributed by atoms with Crippen LogP contribution in [0.15, 0.2) is 30.3 Å². The highest BCUT2D eigenvalue weighted by atomic mass is 17.2. The van der Waals surface area contributed by atoms with E-state index in [1.807, 2.05) is 30.3 Å². The summed E-state index contributed by atoms with van der Waals surface area (Å²) in [6.07, 6.45) is 0. The van der Waals surface area contributed by atoms with Gasteiger partial charge in [-0.05, 0) is 5.56 Å². The summed E-state index contributed by atoms with van der Waals surface area (Å²) >= 11 is 0. The van der Waals surface area contributed by atoms with Crippen molar-refractivity contribution in [2.75, 3.05) is 6.61 Å². The lowest BCUT2D eigenvalue weighted by molar-refractivity contribution is -0.300. The standard InChI is InChI=1S/C9H10O4/c10-9(11)7-13-12-6-8-4-2-1-3-5-8/h1-5H,6-7H2,(H,10,11). The van der Waals surface area contributed by atoms with E-state index in [-0.39, 0.29) is 6.61 Å². The molecule has 0 aliphatic carbocycles. The Morgan fingerprint density at radius 1 is 1.23 bits per heavy atom. The molecule has 0 radical (unpaired) electrons. The molecule has 0 saturated carbocycles. The molecule has 1 rings (SSSR count). The fourth-order valence-electron chi connectivity index (χ4n) is 0.776. The van der Waals surface area contributed by atoms with Crippen LogP contribution in [0, 0.1) is 0 Å². The second kappa shape index (κ2) is 5.29. The van der Waals surface area contributed by atoms with Crippen LogP contribution in [0.1, 0.15) is 5.56 Å². The van der Waals surface area contributed by atoms with Gasteiger partial charge in [0, 0.05) is 0 Å². The Labute approximate surface area is 75.6 Å². The molecule has 0 bridgehead atoms. The maximum atomic E-state index is 10.0. The molecule has 0 spiro atoms. The molecule has 0 heterocycles. The van der Waals surface area contributed by atoms with Gasteiger partial charge >= 0.3 is 5.97 Å². The molecule has 1 aromatic carbocycles. The highest BCUT2D eigenvalue weighted by Crippen LogP contribution is 2.00. The van der Waals surface area contributed by atoms with Gasteiger partial charge < -0.3 is 5.11 Å². The van der Waals surface area contributed by atoms with E-state index in [0.29, 0.717) is 0 Å². The van der Waals surface area contributed by atoms with E-state index in [0.717, 1.165) is 5.56 Å². The van der Waals surface area contributed by atoms with Crippen molar-refractivity contribution in [3.05, 3.63) is 35.9 Å². The predicted molar refractivity (Wildman–Crippen MR) is 44.8 cm³/mol. The zero-order chi connectivity index (χ0) is 9.52. The Bertz CT molecular complexity index is 258. The lowest BCUT2D eigenvalue weighted by Crippen LogP contribution is -2.07. The average Bonchev–Trinajstić information content (AvgIpc) is 2.14. The van der Waals surface area contributed by atoms with Crippen molar-refractivity contribution in [2.24, 2.45) is 0 Å². The molecule has 13 heavy (non-hydrogen) atoms. The summed E-state index contributed by atoms with van der Waals surface area (Å²) in [6, 6.07) is 9.36. The summed E-state index contributed by atoms with van der Waals surface area (Å²) < 4.78 is 0. The molecule has 0 aliphatic rings. The van der Waals surface area contributed by atoms with E-state index in [9.17, 15) is 4.79 Å². The third-order valence-corrected chi connectivity index (χ3v) is 1.33. The number of rotatable bonds is 5. The van der Waals surface area contributed by atoms with E-state index in [4.69, 9.17) is 5.11 Å². The second-order valence-corrected chi connectivity index (χ2v) is 2.40. The minimum atomic E-state index is -1.05. The van der Waals surface area contributed by atoms with Crippen molar-refractivity contribution in [2.45, 2.75) is 6.61 Å². The summed E-state index contributed by atoms with van der Waals surface area (Å²) in [5.74, 6) is -1.05. The molecule has 0 aliphatic heterocycles. The molecule has 1 aromatic rings. The molecule has 4 nitrogen and oxygen atoms in total. The van der Waals surface area contributed by atoms with Gasteiger partial charge in [0.25, 0.3) is 0 Å². The molecule has 0 fully saturated rings. The summed E-state index contributed by atoms with van der Waals surface area (Å²) in [5.41, 5.74) is 0.938. The fraction of sp³-hybridized carbons (Fsp3) is 0.222. The molecule has 0 aromatic heterocycles. The van der Waals surface area contributed by atoms with E-state index < -0.39 is 12.6 Å². The van der Waals surface area contributed by atoms with Crippen LogP contribution in [-0.4, -0.2) is 17.7 Å². The molecule has 0 amide bonds. The highest BCUT2D eigenvalue weighted by molar-refractivity contribution is 5.67. The van der Waals surface area contributed by atoms with E-state index in [2.05, 4.69) is 9.78 Å². The van der Waals surface area contributed by atoms with Gasteiger partial charge in [-0.25, -0.2) is 14.6 Å². The van der Waals surface area contributed by atoms with E-state index in [1.54, 1.807) is 0 Å². The van der Waals surface area contributed by atoms with Crippen molar-refractivity contribution < 1.29 is 19.7 Å². The molecule has 0 unspecified atom stereocenters. The topological polar surface area (TPSA) is 55.8 Å². The molecule has 0 saturated heterocycles. The first-order chi connectivity index (χ1) is 6.29. The van der Waals surface area contributed by atoms with Crippen molar-refractivity contribution in [1.29, 1.82) is 0 Å². The van der Waals surface area contributed by atoms with Crippen LogP contribution >= 0.6 is 0 Å². The maximum absolute atomic E-state index is 10.0. The summed E-state index contributed by atoms with van der Waals surface area (Å²) in [4.78, 5) is 19.1. The Morgan fingerprint density at radius 3 is 2.54 bits per heavy atom. The average molecular weight is 182 g/mol. The maximum Gasteiger partial charge on any atom is 0.333 e. The van der Waals surface area contributed by atoms with Gasteiger partial charge in [0.15, 0.2) is 6.61 Å². The van der Waals surface area contributed by atoms with Crippen LogP contribution in [0.4, 0.5) is 0 Å². The third kappa shape index (κ3) is 4.25. The van der Waals surface area contributed by atoms with Gasteiger partial charge in [0.2, 0.25) is 0 Å². The lowest BCUT2D eigenvalue weighted by Gasteiger charge is -2.00. The number of hydrogen-bond acceptors (Lipinski definition) is 3. The highest BCUT2D eigenvalue weighted by Gasteiger charge is 1.97. The Morgan fingerprint density at radius 2 is 1.92 bits per heavy atom. The number of benzene rings is 1. The van der Waals surface area contributed by atoms with E-state index >= 15 is 0 Å². The summed E-state index contributed by atoms with van der Waals surface area (Å²) in [5, 5.41) is 8.21. The van der Waals surface area contributed by atoms with Gasteiger partial charge in [0.05, 0.1) is 0 Å². The van der Waals surface area contributed by atoms with Gasteiger partial charge in [-0.15, -0.1) is 0 Å². The lowest BCUT2D eigenvalue weighted by atomic mass is 10.2.